The van der Waals surface area contributed by atoms with Crippen molar-refractivity contribution in [2.24, 2.45) is 5.92 Å². The summed E-state index contributed by atoms with van der Waals surface area (Å²) in [5.74, 6) is 1.14. The van der Waals surface area contributed by atoms with Crippen molar-refractivity contribution < 1.29 is 9.53 Å². The number of halogens is 1. The van der Waals surface area contributed by atoms with E-state index in [4.69, 9.17) is 16.3 Å². The normalized spacial score (nSPS) is 16.4. The number of carbonyl (C=O) groups excluding carboxylic acids is 1. The van der Waals surface area contributed by atoms with Gasteiger partial charge in [-0.05, 0) is 74.2 Å². The fraction of sp³-hybridized carbons (Fsp3) is 0.458. The van der Waals surface area contributed by atoms with Gasteiger partial charge < -0.3 is 10.1 Å². The van der Waals surface area contributed by atoms with Gasteiger partial charge in [0.25, 0.3) is 0 Å². The maximum Gasteiger partial charge on any atom is 0.223 e. The number of hydrogen-bond donors (Lipinski definition) is 1. The average molecular weight is 415 g/mol. The molecule has 1 N–H and O–H groups in total. The molecule has 1 atom stereocenters. The molecule has 1 aliphatic heterocycles. The summed E-state index contributed by atoms with van der Waals surface area (Å²) in [5, 5.41) is 4.04. The first-order valence-corrected chi connectivity index (χ1v) is 10.8. The molecule has 4 nitrogen and oxygen atoms in total. The van der Waals surface area contributed by atoms with Crippen molar-refractivity contribution in [3.05, 3.63) is 64.2 Å². The van der Waals surface area contributed by atoms with Crippen molar-refractivity contribution >= 4 is 17.5 Å². The van der Waals surface area contributed by atoms with Crippen LogP contribution in [0.5, 0.6) is 5.75 Å². The molecule has 1 aliphatic rings. The van der Waals surface area contributed by atoms with E-state index in [0.717, 1.165) is 60.8 Å². The highest BCUT2D eigenvalue weighted by atomic mass is 35.5. The Morgan fingerprint density at radius 2 is 1.90 bits per heavy atom. The molecule has 1 unspecified atom stereocenters. The van der Waals surface area contributed by atoms with Crippen LogP contribution >= 0.6 is 11.6 Å². The molecule has 1 heterocycles. The maximum atomic E-state index is 12.9. The summed E-state index contributed by atoms with van der Waals surface area (Å²) in [6.07, 6.45) is 2.67. The summed E-state index contributed by atoms with van der Waals surface area (Å²) in [6, 6.07) is 14.2. The van der Waals surface area contributed by atoms with E-state index in [9.17, 15) is 4.79 Å². The molecule has 0 saturated carbocycles. The van der Waals surface area contributed by atoms with E-state index < -0.39 is 0 Å². The van der Waals surface area contributed by atoms with Crippen LogP contribution in [-0.4, -0.2) is 31.0 Å². The predicted molar refractivity (Wildman–Crippen MR) is 118 cm³/mol. The lowest BCUT2D eigenvalue weighted by Gasteiger charge is -2.32. The van der Waals surface area contributed by atoms with E-state index in [0.29, 0.717) is 0 Å². The average Bonchev–Trinajstić information content (AvgIpc) is 2.74. The lowest BCUT2D eigenvalue weighted by molar-refractivity contribution is -0.127. The summed E-state index contributed by atoms with van der Waals surface area (Å²) in [4.78, 5) is 15.3. The maximum absolute atomic E-state index is 12.9. The number of carbonyl (C=O) groups is 1. The number of aryl methyl sites for hydroxylation is 1. The van der Waals surface area contributed by atoms with Crippen LogP contribution in [0.25, 0.3) is 0 Å². The number of likely N-dealkylation sites (tertiary alicyclic amines) is 1. The zero-order valence-corrected chi connectivity index (χ0v) is 18.3. The molecular weight excluding hydrogens is 384 g/mol. The summed E-state index contributed by atoms with van der Waals surface area (Å²) in [7, 11) is 1.68. The second-order valence-electron chi connectivity index (χ2n) is 7.88. The third-order valence-corrected chi connectivity index (χ3v) is 6.08. The molecular formula is C24H31ClN2O2. The highest BCUT2D eigenvalue weighted by Gasteiger charge is 2.26. The molecule has 0 bridgehead atoms. The van der Waals surface area contributed by atoms with E-state index in [1.54, 1.807) is 7.11 Å². The van der Waals surface area contributed by atoms with Crippen LogP contribution in [0.2, 0.25) is 5.02 Å². The van der Waals surface area contributed by atoms with Gasteiger partial charge in [-0.2, -0.15) is 0 Å². The minimum atomic E-state index is 0.0409. The number of nitrogens with zero attached hydrogens (tertiary/aromatic N) is 1. The zero-order valence-electron chi connectivity index (χ0n) is 17.6. The molecule has 3 rings (SSSR count). The van der Waals surface area contributed by atoms with Crippen molar-refractivity contribution in [2.75, 3.05) is 20.2 Å². The molecule has 156 valence electrons. The standard InChI is InChI=1S/C24H31ClN2O2/c1-4-22(20-7-10-23(29-3)17(2)15-20)26-24(28)19-11-13-27(14-12-19)16-18-5-8-21(25)9-6-18/h5-10,15,19,22H,4,11-14,16H2,1-3H3,(H,26,28). The zero-order chi connectivity index (χ0) is 20.8. The second-order valence-corrected chi connectivity index (χ2v) is 8.31. The number of ether oxygens (including phenoxy) is 1. The van der Waals surface area contributed by atoms with Crippen LogP contribution in [0.3, 0.4) is 0 Å². The number of hydrogen-bond acceptors (Lipinski definition) is 3. The Balaban J connectivity index is 1.53. The Kier molecular flexibility index (Phi) is 7.57. The SMILES string of the molecule is CCC(NC(=O)C1CCN(Cc2ccc(Cl)cc2)CC1)c1ccc(OC)c(C)c1. The third kappa shape index (κ3) is 5.74. The summed E-state index contributed by atoms with van der Waals surface area (Å²) in [6.45, 7) is 6.94. The van der Waals surface area contributed by atoms with Crippen molar-refractivity contribution in [3.63, 3.8) is 0 Å². The van der Waals surface area contributed by atoms with Crippen LogP contribution in [-0.2, 0) is 11.3 Å². The number of nitrogens with one attached hydrogen (secondary N) is 1. The summed E-state index contributed by atoms with van der Waals surface area (Å²) < 4.78 is 5.35. The van der Waals surface area contributed by atoms with Crippen molar-refractivity contribution in [3.8, 4) is 5.75 Å². The van der Waals surface area contributed by atoms with E-state index in [1.807, 2.05) is 25.1 Å². The van der Waals surface area contributed by atoms with Gasteiger partial charge in [0, 0.05) is 17.5 Å². The van der Waals surface area contributed by atoms with E-state index in [2.05, 4.69) is 41.4 Å². The molecule has 1 fully saturated rings. The number of rotatable bonds is 7. The van der Waals surface area contributed by atoms with Crippen molar-refractivity contribution in [1.82, 2.24) is 10.2 Å². The van der Waals surface area contributed by atoms with Crippen LogP contribution in [0.4, 0.5) is 0 Å². The van der Waals surface area contributed by atoms with Gasteiger partial charge in [0.15, 0.2) is 0 Å². The topological polar surface area (TPSA) is 41.6 Å². The molecule has 1 amide bonds. The minimum absolute atomic E-state index is 0.0409. The lowest BCUT2D eigenvalue weighted by atomic mass is 9.94. The Bertz CT molecular complexity index is 814. The number of piperidine rings is 1. The molecule has 0 aliphatic carbocycles. The Morgan fingerprint density at radius 1 is 1.21 bits per heavy atom. The molecule has 29 heavy (non-hydrogen) atoms. The van der Waals surface area contributed by atoms with E-state index >= 15 is 0 Å². The Morgan fingerprint density at radius 3 is 2.48 bits per heavy atom. The van der Waals surface area contributed by atoms with Gasteiger partial charge in [0.05, 0.1) is 13.2 Å². The van der Waals surface area contributed by atoms with Gasteiger partial charge in [-0.1, -0.05) is 42.8 Å². The van der Waals surface area contributed by atoms with Gasteiger partial charge >= 0.3 is 0 Å². The fourth-order valence-corrected chi connectivity index (χ4v) is 4.16. The molecule has 2 aromatic carbocycles. The van der Waals surface area contributed by atoms with Gasteiger partial charge in [-0.3, -0.25) is 9.69 Å². The monoisotopic (exact) mass is 414 g/mol. The molecule has 1 saturated heterocycles. The molecule has 0 aromatic heterocycles. The largest absolute Gasteiger partial charge is 0.496 e. The highest BCUT2D eigenvalue weighted by molar-refractivity contribution is 6.30. The van der Waals surface area contributed by atoms with Crippen molar-refractivity contribution in [1.29, 1.82) is 0 Å². The van der Waals surface area contributed by atoms with Crippen LogP contribution in [0.1, 0.15) is 48.9 Å². The second kappa shape index (κ2) is 10.1. The Labute approximate surface area is 179 Å². The summed E-state index contributed by atoms with van der Waals surface area (Å²) >= 11 is 5.97. The fourth-order valence-electron chi connectivity index (χ4n) is 4.03. The lowest BCUT2D eigenvalue weighted by Crippen LogP contribution is -2.41. The number of amides is 1. The Hall–Kier alpha value is -2.04. The molecule has 2 aromatic rings. The van der Waals surface area contributed by atoms with Gasteiger partial charge in [0.2, 0.25) is 5.91 Å². The first kappa shape index (κ1) is 21.7. The van der Waals surface area contributed by atoms with E-state index in [-0.39, 0.29) is 17.9 Å². The van der Waals surface area contributed by atoms with Crippen molar-refractivity contribution in [2.45, 2.75) is 45.7 Å². The van der Waals surface area contributed by atoms with Gasteiger partial charge in [-0.15, -0.1) is 0 Å². The van der Waals surface area contributed by atoms with Crippen LogP contribution in [0.15, 0.2) is 42.5 Å². The van der Waals surface area contributed by atoms with Gasteiger partial charge in [-0.25, -0.2) is 0 Å². The number of benzene rings is 2. The van der Waals surface area contributed by atoms with E-state index in [1.165, 1.54) is 5.56 Å². The van der Waals surface area contributed by atoms with Crippen LogP contribution < -0.4 is 10.1 Å². The quantitative estimate of drug-likeness (QED) is 0.682. The molecule has 0 spiro atoms. The first-order chi connectivity index (χ1) is 14.0. The van der Waals surface area contributed by atoms with Gasteiger partial charge in [0.1, 0.15) is 5.75 Å². The first-order valence-electron chi connectivity index (χ1n) is 10.4. The smallest absolute Gasteiger partial charge is 0.223 e. The molecule has 0 radical (unpaired) electrons. The summed E-state index contributed by atoms with van der Waals surface area (Å²) in [5.41, 5.74) is 3.49. The molecule has 5 heteroatoms. The van der Waals surface area contributed by atoms with Crippen LogP contribution in [0, 0.1) is 12.8 Å². The number of methoxy groups -OCH3 is 1. The third-order valence-electron chi connectivity index (χ3n) is 5.82. The predicted octanol–water partition coefficient (Wildman–Crippen LogP) is 5.14. The highest BCUT2D eigenvalue weighted by Crippen LogP contribution is 2.26. The minimum Gasteiger partial charge on any atom is -0.496 e.